The first-order valence-corrected chi connectivity index (χ1v) is 4.76. The standard InChI is InChI=1S/C8H17ClO4/c1-6(10)12-8(3)13-7(2)11-5-4-9/h6-8,10H,4-5H2,1-3H3. The van der Waals surface area contributed by atoms with Gasteiger partial charge in [-0.25, -0.2) is 0 Å². The topological polar surface area (TPSA) is 47.9 Å². The average molecular weight is 213 g/mol. The molecule has 0 rings (SSSR count). The van der Waals surface area contributed by atoms with E-state index in [1.54, 1.807) is 13.8 Å². The molecule has 80 valence electrons. The molecule has 0 aromatic heterocycles. The smallest absolute Gasteiger partial charge is 0.161 e. The first-order chi connectivity index (χ1) is 6.06. The van der Waals surface area contributed by atoms with Gasteiger partial charge in [0.2, 0.25) is 0 Å². The third kappa shape index (κ3) is 8.46. The Labute approximate surface area is 83.7 Å². The Morgan fingerprint density at radius 2 is 1.77 bits per heavy atom. The molecule has 3 atom stereocenters. The Morgan fingerprint density at radius 3 is 2.23 bits per heavy atom. The fraction of sp³-hybridized carbons (Fsp3) is 1.00. The van der Waals surface area contributed by atoms with Gasteiger partial charge in [0.25, 0.3) is 0 Å². The Balaban J connectivity index is 3.46. The first-order valence-electron chi connectivity index (χ1n) is 4.22. The summed E-state index contributed by atoms with van der Waals surface area (Å²) in [6.45, 7) is 5.38. The van der Waals surface area contributed by atoms with Crippen LogP contribution in [0.3, 0.4) is 0 Å². The Hall–Kier alpha value is 0.130. The van der Waals surface area contributed by atoms with Gasteiger partial charge in [-0.05, 0) is 20.8 Å². The second-order valence-electron chi connectivity index (χ2n) is 2.57. The summed E-state index contributed by atoms with van der Waals surface area (Å²) in [4.78, 5) is 0. The fourth-order valence-corrected chi connectivity index (χ4v) is 0.918. The van der Waals surface area contributed by atoms with Gasteiger partial charge in [0.1, 0.15) is 0 Å². The number of halogens is 1. The van der Waals surface area contributed by atoms with Crippen LogP contribution in [0.2, 0.25) is 0 Å². The molecule has 0 radical (unpaired) electrons. The van der Waals surface area contributed by atoms with Crippen LogP contribution in [0.1, 0.15) is 20.8 Å². The maximum Gasteiger partial charge on any atom is 0.161 e. The summed E-state index contributed by atoms with van der Waals surface area (Å²) in [7, 11) is 0. The van der Waals surface area contributed by atoms with Crippen molar-refractivity contribution in [1.29, 1.82) is 0 Å². The summed E-state index contributed by atoms with van der Waals surface area (Å²) in [5.41, 5.74) is 0. The summed E-state index contributed by atoms with van der Waals surface area (Å²) in [6.07, 6.45) is -1.71. The van der Waals surface area contributed by atoms with Crippen molar-refractivity contribution in [1.82, 2.24) is 0 Å². The van der Waals surface area contributed by atoms with Gasteiger partial charge in [0, 0.05) is 5.88 Å². The molecule has 0 saturated heterocycles. The fourth-order valence-electron chi connectivity index (χ4n) is 0.829. The quantitative estimate of drug-likeness (QED) is 0.511. The van der Waals surface area contributed by atoms with Crippen molar-refractivity contribution in [2.75, 3.05) is 12.5 Å². The maximum atomic E-state index is 8.85. The molecule has 0 amide bonds. The minimum Gasteiger partial charge on any atom is -0.368 e. The zero-order valence-corrected chi connectivity index (χ0v) is 8.95. The number of hydrogen-bond acceptors (Lipinski definition) is 4. The van der Waals surface area contributed by atoms with Crippen LogP contribution in [0.25, 0.3) is 0 Å². The van der Waals surface area contributed by atoms with E-state index in [2.05, 4.69) is 0 Å². The van der Waals surface area contributed by atoms with E-state index in [4.69, 9.17) is 30.9 Å². The van der Waals surface area contributed by atoms with Crippen molar-refractivity contribution in [3.8, 4) is 0 Å². The highest BCUT2D eigenvalue weighted by Gasteiger charge is 2.10. The zero-order valence-electron chi connectivity index (χ0n) is 8.20. The van der Waals surface area contributed by atoms with E-state index < -0.39 is 12.6 Å². The average Bonchev–Trinajstić information content (AvgIpc) is 1.98. The van der Waals surface area contributed by atoms with E-state index in [1.807, 2.05) is 0 Å². The molecule has 3 unspecified atom stereocenters. The summed E-state index contributed by atoms with van der Waals surface area (Å²) in [5.74, 6) is 0.430. The highest BCUT2D eigenvalue weighted by Crippen LogP contribution is 2.03. The number of hydrogen-bond donors (Lipinski definition) is 1. The van der Waals surface area contributed by atoms with E-state index in [1.165, 1.54) is 6.92 Å². The molecule has 0 heterocycles. The minimum absolute atomic E-state index is 0.382. The molecule has 0 aliphatic heterocycles. The molecular weight excluding hydrogens is 196 g/mol. The molecule has 5 heteroatoms. The van der Waals surface area contributed by atoms with Crippen LogP contribution in [0.4, 0.5) is 0 Å². The molecule has 1 N–H and O–H groups in total. The van der Waals surface area contributed by atoms with Gasteiger partial charge in [0.15, 0.2) is 18.9 Å². The number of rotatable bonds is 7. The molecule has 0 aliphatic carbocycles. The minimum atomic E-state index is -0.838. The predicted octanol–water partition coefficient (Wildman–Crippen LogP) is 1.31. The van der Waals surface area contributed by atoms with Crippen molar-refractivity contribution in [3.63, 3.8) is 0 Å². The van der Waals surface area contributed by atoms with Gasteiger partial charge in [0.05, 0.1) is 6.61 Å². The number of ether oxygens (including phenoxy) is 3. The summed E-state index contributed by atoms with van der Waals surface area (Å²) in [6, 6.07) is 0. The van der Waals surface area contributed by atoms with E-state index in [-0.39, 0.29) is 6.29 Å². The highest BCUT2D eigenvalue weighted by molar-refractivity contribution is 6.17. The van der Waals surface area contributed by atoms with Crippen LogP contribution in [0, 0.1) is 0 Å². The van der Waals surface area contributed by atoms with Crippen LogP contribution < -0.4 is 0 Å². The molecule has 0 saturated carbocycles. The number of aliphatic hydroxyl groups is 1. The van der Waals surface area contributed by atoms with Crippen molar-refractivity contribution in [3.05, 3.63) is 0 Å². The van der Waals surface area contributed by atoms with Gasteiger partial charge in [-0.2, -0.15) is 0 Å². The zero-order chi connectivity index (χ0) is 10.3. The third-order valence-corrected chi connectivity index (χ3v) is 1.36. The van der Waals surface area contributed by atoms with E-state index in [0.717, 1.165) is 0 Å². The number of aliphatic hydroxyl groups excluding tert-OH is 1. The van der Waals surface area contributed by atoms with Crippen LogP contribution in [-0.4, -0.2) is 36.5 Å². The lowest BCUT2D eigenvalue weighted by atomic mass is 10.6. The van der Waals surface area contributed by atoms with E-state index >= 15 is 0 Å². The molecule has 0 spiro atoms. The predicted molar refractivity (Wildman–Crippen MR) is 49.4 cm³/mol. The maximum absolute atomic E-state index is 8.85. The van der Waals surface area contributed by atoms with Gasteiger partial charge in [-0.3, -0.25) is 0 Å². The first kappa shape index (κ1) is 13.1. The van der Waals surface area contributed by atoms with Crippen LogP contribution in [0.5, 0.6) is 0 Å². The molecule has 0 aliphatic rings. The Morgan fingerprint density at radius 1 is 1.15 bits per heavy atom. The van der Waals surface area contributed by atoms with Crippen LogP contribution in [-0.2, 0) is 14.2 Å². The summed E-state index contributed by atoms with van der Waals surface area (Å²) in [5, 5.41) is 8.85. The van der Waals surface area contributed by atoms with Crippen molar-refractivity contribution in [2.45, 2.75) is 39.6 Å². The summed E-state index contributed by atoms with van der Waals surface area (Å²) < 4.78 is 15.2. The van der Waals surface area contributed by atoms with E-state index in [9.17, 15) is 0 Å². The molecule has 0 aromatic carbocycles. The van der Waals surface area contributed by atoms with Crippen molar-refractivity contribution >= 4 is 11.6 Å². The SMILES string of the molecule is CC(O)OC(C)OC(C)OCCCl. The molecule has 4 nitrogen and oxygen atoms in total. The molecule has 13 heavy (non-hydrogen) atoms. The van der Waals surface area contributed by atoms with Gasteiger partial charge < -0.3 is 19.3 Å². The Bertz CT molecular complexity index is 121. The van der Waals surface area contributed by atoms with Crippen LogP contribution >= 0.6 is 11.6 Å². The number of alkyl halides is 1. The molecule has 0 fully saturated rings. The Kier molecular flexibility index (Phi) is 7.60. The lowest BCUT2D eigenvalue weighted by Gasteiger charge is -2.20. The monoisotopic (exact) mass is 212 g/mol. The van der Waals surface area contributed by atoms with Crippen LogP contribution in [0.15, 0.2) is 0 Å². The third-order valence-electron chi connectivity index (χ3n) is 1.20. The van der Waals surface area contributed by atoms with Gasteiger partial charge in [-0.15, -0.1) is 11.6 Å². The normalized spacial score (nSPS) is 18.2. The highest BCUT2D eigenvalue weighted by atomic mass is 35.5. The van der Waals surface area contributed by atoms with Gasteiger partial charge in [-0.1, -0.05) is 0 Å². The van der Waals surface area contributed by atoms with Crippen molar-refractivity contribution < 1.29 is 19.3 Å². The van der Waals surface area contributed by atoms with Crippen molar-refractivity contribution in [2.24, 2.45) is 0 Å². The van der Waals surface area contributed by atoms with Gasteiger partial charge >= 0.3 is 0 Å². The molecule has 0 aromatic rings. The second-order valence-corrected chi connectivity index (χ2v) is 2.94. The molecular formula is C8H17ClO4. The molecule has 0 bridgehead atoms. The lowest BCUT2D eigenvalue weighted by Crippen LogP contribution is -2.25. The summed E-state index contributed by atoms with van der Waals surface area (Å²) >= 11 is 5.41. The lowest BCUT2D eigenvalue weighted by molar-refractivity contribution is -0.269. The largest absolute Gasteiger partial charge is 0.368 e. The second kappa shape index (κ2) is 7.53. The van der Waals surface area contributed by atoms with E-state index in [0.29, 0.717) is 12.5 Å².